The molecular formula is C15H13F5O4. The molecule has 1 rings (SSSR count). The van der Waals surface area contributed by atoms with Gasteiger partial charge in [0.25, 0.3) is 0 Å². The number of carbonyl (C=O) groups is 2. The predicted molar refractivity (Wildman–Crippen MR) is 73.5 cm³/mol. The molecule has 0 saturated carbocycles. The zero-order valence-corrected chi connectivity index (χ0v) is 12.9. The van der Waals surface area contributed by atoms with Gasteiger partial charge in [0.05, 0.1) is 7.11 Å². The highest BCUT2D eigenvalue weighted by Gasteiger charge is 2.28. The number of halogens is 5. The second kappa shape index (κ2) is 8.80. The van der Waals surface area contributed by atoms with Crippen LogP contribution in [0.4, 0.5) is 22.0 Å². The van der Waals surface area contributed by atoms with Crippen molar-refractivity contribution in [3.05, 3.63) is 53.4 Å². The van der Waals surface area contributed by atoms with E-state index in [1.54, 1.807) is 6.92 Å². The lowest BCUT2D eigenvalue weighted by molar-refractivity contribution is -0.136. The fraction of sp³-hybridized carbons (Fsp3) is 0.200. The molecule has 0 amide bonds. The van der Waals surface area contributed by atoms with Gasteiger partial charge in [0.2, 0.25) is 34.8 Å². The summed E-state index contributed by atoms with van der Waals surface area (Å²) in [6.45, 7) is 9.19. The first-order valence-electron chi connectivity index (χ1n) is 6.08. The molecule has 24 heavy (non-hydrogen) atoms. The van der Waals surface area contributed by atoms with Gasteiger partial charge >= 0.3 is 11.9 Å². The van der Waals surface area contributed by atoms with Crippen molar-refractivity contribution in [3.8, 4) is 5.75 Å². The SMILES string of the molecule is C=C(C)C(=O)OC.C=C(C)C(=O)Oc1c(F)c(F)c(F)c(F)c1F. The lowest BCUT2D eigenvalue weighted by Crippen LogP contribution is -2.13. The number of hydrogen-bond acceptors (Lipinski definition) is 4. The minimum absolute atomic E-state index is 0.256. The molecule has 0 aliphatic heterocycles. The van der Waals surface area contributed by atoms with E-state index in [1.807, 2.05) is 0 Å². The first kappa shape index (κ1) is 21.3. The van der Waals surface area contributed by atoms with Crippen molar-refractivity contribution in [3.63, 3.8) is 0 Å². The maximum atomic E-state index is 13.0. The van der Waals surface area contributed by atoms with Crippen LogP contribution in [0, 0.1) is 29.1 Å². The molecule has 0 radical (unpaired) electrons. The summed E-state index contributed by atoms with van der Waals surface area (Å²) >= 11 is 0. The van der Waals surface area contributed by atoms with Crippen LogP contribution in [0.5, 0.6) is 5.75 Å². The summed E-state index contributed by atoms with van der Waals surface area (Å²) in [5.74, 6) is -14.4. The van der Waals surface area contributed by atoms with Gasteiger partial charge in [0.1, 0.15) is 0 Å². The first-order valence-corrected chi connectivity index (χ1v) is 6.08. The smallest absolute Gasteiger partial charge is 0.338 e. The molecule has 0 unspecified atom stereocenters. The third kappa shape index (κ3) is 5.18. The van der Waals surface area contributed by atoms with Gasteiger partial charge in [-0.2, -0.15) is 8.78 Å². The van der Waals surface area contributed by atoms with E-state index < -0.39 is 40.8 Å². The fourth-order valence-electron chi connectivity index (χ4n) is 1.03. The quantitative estimate of drug-likeness (QED) is 0.208. The van der Waals surface area contributed by atoms with Gasteiger partial charge < -0.3 is 9.47 Å². The van der Waals surface area contributed by atoms with Crippen LogP contribution in [0.25, 0.3) is 0 Å². The van der Waals surface area contributed by atoms with Crippen molar-refractivity contribution in [1.29, 1.82) is 0 Å². The van der Waals surface area contributed by atoms with Gasteiger partial charge in [0, 0.05) is 11.1 Å². The largest absolute Gasteiger partial charge is 0.466 e. The van der Waals surface area contributed by atoms with Gasteiger partial charge in [-0.15, -0.1) is 0 Å². The number of rotatable bonds is 3. The molecule has 0 bridgehead atoms. The van der Waals surface area contributed by atoms with E-state index in [1.165, 1.54) is 7.11 Å². The number of esters is 2. The van der Waals surface area contributed by atoms with Crippen LogP contribution in [0.1, 0.15) is 13.8 Å². The minimum Gasteiger partial charge on any atom is -0.466 e. The average Bonchev–Trinajstić information content (AvgIpc) is 2.54. The Bertz CT molecular complexity index is 669. The molecule has 4 nitrogen and oxygen atoms in total. The first-order chi connectivity index (χ1) is 10.9. The topological polar surface area (TPSA) is 52.6 Å². The summed E-state index contributed by atoms with van der Waals surface area (Å²) in [7, 11) is 1.33. The summed E-state index contributed by atoms with van der Waals surface area (Å²) in [6.07, 6.45) is 0. The van der Waals surface area contributed by atoms with E-state index in [-0.39, 0.29) is 11.5 Å². The molecule has 9 heteroatoms. The Balaban J connectivity index is 0.000000640. The third-order valence-electron chi connectivity index (χ3n) is 2.25. The highest BCUT2D eigenvalue weighted by atomic mass is 19.2. The molecule has 132 valence electrons. The van der Waals surface area contributed by atoms with Gasteiger partial charge in [-0.05, 0) is 13.8 Å². The number of hydrogen-bond donors (Lipinski definition) is 0. The Labute approximate surface area is 134 Å². The van der Waals surface area contributed by atoms with Gasteiger partial charge in [-0.1, -0.05) is 13.2 Å². The van der Waals surface area contributed by atoms with Crippen molar-refractivity contribution in [2.24, 2.45) is 0 Å². The van der Waals surface area contributed by atoms with E-state index in [9.17, 15) is 31.5 Å². The van der Waals surface area contributed by atoms with Crippen molar-refractivity contribution in [2.75, 3.05) is 7.11 Å². The van der Waals surface area contributed by atoms with Crippen LogP contribution in [-0.2, 0) is 14.3 Å². The molecule has 0 atom stereocenters. The van der Waals surface area contributed by atoms with Crippen LogP contribution >= 0.6 is 0 Å². The Morgan fingerprint density at radius 2 is 1.08 bits per heavy atom. The molecule has 0 saturated heterocycles. The van der Waals surface area contributed by atoms with E-state index in [2.05, 4.69) is 22.6 Å². The monoisotopic (exact) mass is 352 g/mol. The summed E-state index contributed by atoms with van der Waals surface area (Å²) in [4.78, 5) is 21.1. The lowest BCUT2D eigenvalue weighted by Gasteiger charge is -2.08. The van der Waals surface area contributed by atoms with E-state index in [0.29, 0.717) is 5.57 Å². The van der Waals surface area contributed by atoms with Crippen LogP contribution < -0.4 is 4.74 Å². The molecule has 1 aromatic carbocycles. The van der Waals surface area contributed by atoms with Crippen LogP contribution in [-0.4, -0.2) is 19.0 Å². The number of benzene rings is 1. The Morgan fingerprint density at radius 1 is 0.750 bits per heavy atom. The normalized spacial score (nSPS) is 9.50. The second-order valence-electron chi connectivity index (χ2n) is 4.34. The molecule has 0 aromatic heterocycles. The molecule has 0 N–H and O–H groups in total. The minimum atomic E-state index is -2.32. The van der Waals surface area contributed by atoms with E-state index >= 15 is 0 Å². The summed E-state index contributed by atoms with van der Waals surface area (Å²) in [5, 5.41) is 0. The summed E-state index contributed by atoms with van der Waals surface area (Å²) < 4.78 is 72.3. The molecule has 0 aliphatic carbocycles. The number of carbonyl (C=O) groups excluding carboxylic acids is 2. The highest BCUT2D eigenvalue weighted by Crippen LogP contribution is 2.29. The van der Waals surface area contributed by atoms with E-state index in [4.69, 9.17) is 0 Å². The lowest BCUT2D eigenvalue weighted by atomic mass is 10.2. The molecule has 0 fully saturated rings. The molecular weight excluding hydrogens is 339 g/mol. The predicted octanol–water partition coefficient (Wildman–Crippen LogP) is 3.60. The Kier molecular flexibility index (Phi) is 7.81. The van der Waals surface area contributed by atoms with Crippen molar-refractivity contribution in [1.82, 2.24) is 0 Å². The van der Waals surface area contributed by atoms with E-state index in [0.717, 1.165) is 6.92 Å². The molecule has 1 aromatic rings. The maximum Gasteiger partial charge on any atom is 0.338 e. The summed E-state index contributed by atoms with van der Waals surface area (Å²) in [6, 6.07) is 0. The molecule has 0 spiro atoms. The third-order valence-corrected chi connectivity index (χ3v) is 2.25. The van der Waals surface area contributed by atoms with Gasteiger partial charge in [-0.3, -0.25) is 0 Å². The zero-order chi connectivity index (χ0) is 19.2. The average molecular weight is 352 g/mol. The number of methoxy groups -OCH3 is 1. The van der Waals surface area contributed by atoms with Gasteiger partial charge in [-0.25, -0.2) is 22.8 Å². The maximum absolute atomic E-state index is 13.0. The Hall–Kier alpha value is -2.71. The van der Waals surface area contributed by atoms with Crippen LogP contribution in [0.2, 0.25) is 0 Å². The standard InChI is InChI=1S/C10H5F5O2.C5H8O2/c1-3(2)10(16)17-9-7(14)5(12)4(11)6(13)8(9)15;1-4(2)5(6)7-3/h1H2,2H3;1H2,2-3H3. The van der Waals surface area contributed by atoms with Crippen LogP contribution in [0.3, 0.4) is 0 Å². The number of ether oxygens (including phenoxy) is 2. The van der Waals surface area contributed by atoms with Crippen molar-refractivity contribution >= 4 is 11.9 Å². The van der Waals surface area contributed by atoms with Crippen molar-refractivity contribution < 1.29 is 41.0 Å². The van der Waals surface area contributed by atoms with Gasteiger partial charge in [0.15, 0.2) is 0 Å². The molecule has 0 aliphatic rings. The summed E-state index contributed by atoms with van der Waals surface area (Å²) in [5.41, 5.74) is 0.177. The Morgan fingerprint density at radius 3 is 1.33 bits per heavy atom. The fourth-order valence-corrected chi connectivity index (χ4v) is 1.03. The van der Waals surface area contributed by atoms with Crippen LogP contribution in [0.15, 0.2) is 24.3 Å². The second-order valence-corrected chi connectivity index (χ2v) is 4.34. The van der Waals surface area contributed by atoms with Crippen molar-refractivity contribution in [2.45, 2.75) is 13.8 Å². The highest BCUT2D eigenvalue weighted by molar-refractivity contribution is 5.88. The molecule has 0 heterocycles. The zero-order valence-electron chi connectivity index (χ0n) is 12.9.